The van der Waals surface area contributed by atoms with Crippen molar-refractivity contribution in [2.75, 3.05) is 19.6 Å². The lowest BCUT2D eigenvalue weighted by atomic mass is 9.95. The van der Waals surface area contributed by atoms with Crippen molar-refractivity contribution in [3.8, 4) is 0 Å². The minimum atomic E-state index is -0.0165. The monoisotopic (exact) mass is 272 g/mol. The largest absolute Gasteiger partial charge is 0.351 e. The van der Waals surface area contributed by atoms with Crippen molar-refractivity contribution in [1.82, 2.24) is 10.2 Å². The predicted octanol–water partition coefficient (Wildman–Crippen LogP) is 1.75. The molecule has 0 radical (unpaired) electrons. The number of carbonyl (C=O) groups excluding carboxylic acids is 2. The van der Waals surface area contributed by atoms with Crippen LogP contribution in [0.4, 0.5) is 0 Å². The normalized spacial score (nSPS) is 16.8. The molecule has 0 atom stereocenters. The molecule has 0 unspecified atom stereocenters. The molecule has 0 aliphatic carbocycles. The van der Waals surface area contributed by atoms with Gasteiger partial charge in [-0.15, -0.1) is 0 Å². The van der Waals surface area contributed by atoms with Crippen molar-refractivity contribution in [3.05, 3.63) is 11.6 Å². The summed E-state index contributed by atoms with van der Waals surface area (Å²) in [7, 11) is 0. The summed E-state index contributed by atoms with van der Waals surface area (Å²) in [6, 6.07) is 0. The minimum absolute atomic E-state index is 0.00782. The molecule has 18 heavy (non-hydrogen) atoms. The highest BCUT2D eigenvalue weighted by Gasteiger charge is 2.27. The summed E-state index contributed by atoms with van der Waals surface area (Å²) >= 11 is 5.60. The lowest BCUT2D eigenvalue weighted by molar-refractivity contribution is -0.138. The summed E-state index contributed by atoms with van der Waals surface area (Å²) < 4.78 is 0. The number of nitrogens with zero attached hydrogens (tertiary/aromatic N) is 1. The number of nitrogens with one attached hydrogen (secondary N) is 1. The number of piperidine rings is 1. The van der Waals surface area contributed by atoms with E-state index in [0.29, 0.717) is 24.7 Å². The van der Waals surface area contributed by atoms with Crippen LogP contribution in [0, 0.1) is 11.8 Å². The second-order valence-electron chi connectivity index (χ2n) is 4.99. The zero-order valence-corrected chi connectivity index (χ0v) is 11.8. The summed E-state index contributed by atoms with van der Waals surface area (Å²) in [6.45, 7) is 8.96. The Morgan fingerprint density at radius 3 is 2.39 bits per heavy atom. The number of halogens is 1. The van der Waals surface area contributed by atoms with E-state index in [1.54, 1.807) is 0 Å². The molecule has 1 aliphatic heterocycles. The Kier molecular flexibility index (Phi) is 5.66. The Morgan fingerprint density at radius 1 is 1.39 bits per heavy atom. The fourth-order valence-electron chi connectivity index (χ4n) is 2.05. The molecular formula is C13H21ClN2O2. The Bertz CT molecular complexity index is 334. The highest BCUT2D eigenvalue weighted by Crippen LogP contribution is 2.19. The SMILES string of the molecule is C=C(Cl)CNC(=O)C1CCN(C(=O)C(C)C)CC1. The summed E-state index contributed by atoms with van der Waals surface area (Å²) in [6.07, 6.45) is 1.44. The van der Waals surface area contributed by atoms with Gasteiger partial charge in [0.25, 0.3) is 0 Å². The maximum absolute atomic E-state index is 11.8. The third-order valence-electron chi connectivity index (χ3n) is 3.13. The number of amides is 2. The summed E-state index contributed by atoms with van der Waals surface area (Å²) in [5.74, 6) is 0.184. The molecule has 0 bridgehead atoms. The fraction of sp³-hybridized carbons (Fsp3) is 0.692. The molecule has 0 spiro atoms. The predicted molar refractivity (Wildman–Crippen MR) is 72.1 cm³/mol. The first-order valence-electron chi connectivity index (χ1n) is 6.31. The molecule has 0 saturated carbocycles. The van der Waals surface area contributed by atoms with Crippen molar-refractivity contribution in [1.29, 1.82) is 0 Å². The molecule has 0 aromatic heterocycles. The van der Waals surface area contributed by atoms with Gasteiger partial charge >= 0.3 is 0 Å². The fourth-order valence-corrected chi connectivity index (χ4v) is 2.12. The van der Waals surface area contributed by atoms with E-state index in [1.165, 1.54) is 0 Å². The first-order valence-corrected chi connectivity index (χ1v) is 6.69. The van der Waals surface area contributed by atoms with E-state index < -0.39 is 0 Å². The third-order valence-corrected chi connectivity index (χ3v) is 3.26. The van der Waals surface area contributed by atoms with E-state index >= 15 is 0 Å². The molecule has 1 heterocycles. The van der Waals surface area contributed by atoms with Gasteiger partial charge in [-0.3, -0.25) is 9.59 Å². The third kappa shape index (κ3) is 4.33. The van der Waals surface area contributed by atoms with Gasteiger partial charge < -0.3 is 10.2 Å². The quantitative estimate of drug-likeness (QED) is 0.848. The smallest absolute Gasteiger partial charge is 0.225 e. The summed E-state index contributed by atoms with van der Waals surface area (Å²) in [5.41, 5.74) is 0. The van der Waals surface area contributed by atoms with Crippen LogP contribution in [0.5, 0.6) is 0 Å². The maximum atomic E-state index is 11.8. The maximum Gasteiger partial charge on any atom is 0.225 e. The topological polar surface area (TPSA) is 49.4 Å². The Labute approximate surface area is 113 Å². The molecule has 5 heteroatoms. The van der Waals surface area contributed by atoms with Gasteiger partial charge in [0.1, 0.15) is 0 Å². The highest BCUT2D eigenvalue weighted by molar-refractivity contribution is 6.29. The second kappa shape index (κ2) is 6.78. The van der Waals surface area contributed by atoms with E-state index in [0.717, 1.165) is 12.8 Å². The number of carbonyl (C=O) groups is 2. The zero-order chi connectivity index (χ0) is 13.7. The van der Waals surface area contributed by atoms with Crippen molar-refractivity contribution in [2.24, 2.45) is 11.8 Å². The van der Waals surface area contributed by atoms with Gasteiger partial charge in [0, 0.05) is 30.0 Å². The molecule has 0 aromatic carbocycles. The highest BCUT2D eigenvalue weighted by atomic mass is 35.5. The lowest BCUT2D eigenvalue weighted by Gasteiger charge is -2.32. The van der Waals surface area contributed by atoms with Gasteiger partial charge in [0.15, 0.2) is 0 Å². The molecule has 1 N–H and O–H groups in total. The zero-order valence-electron chi connectivity index (χ0n) is 11.0. The van der Waals surface area contributed by atoms with Crippen molar-refractivity contribution < 1.29 is 9.59 Å². The van der Waals surface area contributed by atoms with E-state index in [-0.39, 0.29) is 23.7 Å². The van der Waals surface area contributed by atoms with Gasteiger partial charge in [-0.1, -0.05) is 32.0 Å². The van der Waals surface area contributed by atoms with Crippen LogP contribution in [0.3, 0.4) is 0 Å². The number of likely N-dealkylation sites (tertiary alicyclic amines) is 1. The van der Waals surface area contributed by atoms with Crippen molar-refractivity contribution in [2.45, 2.75) is 26.7 Å². The van der Waals surface area contributed by atoms with Gasteiger partial charge in [-0.05, 0) is 12.8 Å². The Balaban J connectivity index is 2.37. The molecule has 102 valence electrons. The second-order valence-corrected chi connectivity index (χ2v) is 5.52. The molecule has 4 nitrogen and oxygen atoms in total. The van der Waals surface area contributed by atoms with Crippen LogP contribution in [0.2, 0.25) is 0 Å². The summed E-state index contributed by atoms with van der Waals surface area (Å²) in [4.78, 5) is 25.4. The molecule has 2 amide bonds. The Morgan fingerprint density at radius 2 is 1.94 bits per heavy atom. The average Bonchev–Trinajstić information content (AvgIpc) is 2.35. The van der Waals surface area contributed by atoms with E-state index in [1.807, 2.05) is 18.7 Å². The van der Waals surface area contributed by atoms with Crippen molar-refractivity contribution in [3.63, 3.8) is 0 Å². The number of hydrogen-bond acceptors (Lipinski definition) is 2. The van der Waals surface area contributed by atoms with Crippen LogP contribution in [-0.2, 0) is 9.59 Å². The van der Waals surface area contributed by atoms with Crippen LogP contribution in [-0.4, -0.2) is 36.3 Å². The summed E-state index contributed by atoms with van der Waals surface area (Å²) in [5, 5.41) is 3.17. The number of rotatable bonds is 4. The van der Waals surface area contributed by atoms with Gasteiger partial charge in [-0.25, -0.2) is 0 Å². The van der Waals surface area contributed by atoms with Crippen LogP contribution >= 0.6 is 11.6 Å². The van der Waals surface area contributed by atoms with E-state index in [4.69, 9.17) is 11.6 Å². The minimum Gasteiger partial charge on any atom is -0.351 e. The van der Waals surface area contributed by atoms with Crippen LogP contribution in [0.15, 0.2) is 11.6 Å². The molecule has 1 aliphatic rings. The van der Waals surface area contributed by atoms with Crippen LogP contribution < -0.4 is 5.32 Å². The Hall–Kier alpha value is -1.03. The molecular weight excluding hydrogens is 252 g/mol. The average molecular weight is 273 g/mol. The van der Waals surface area contributed by atoms with Gasteiger partial charge in [0.05, 0.1) is 6.54 Å². The van der Waals surface area contributed by atoms with Crippen LogP contribution in [0.25, 0.3) is 0 Å². The molecule has 1 saturated heterocycles. The van der Waals surface area contributed by atoms with E-state index in [9.17, 15) is 9.59 Å². The van der Waals surface area contributed by atoms with Crippen molar-refractivity contribution >= 4 is 23.4 Å². The van der Waals surface area contributed by atoms with Gasteiger partial charge in [-0.2, -0.15) is 0 Å². The van der Waals surface area contributed by atoms with E-state index in [2.05, 4.69) is 11.9 Å². The lowest BCUT2D eigenvalue weighted by Crippen LogP contribution is -2.44. The molecule has 1 rings (SSSR count). The number of hydrogen-bond donors (Lipinski definition) is 1. The standard InChI is InChI=1S/C13H21ClN2O2/c1-9(2)13(18)16-6-4-11(5-7-16)12(17)15-8-10(3)14/h9,11H,3-8H2,1-2H3,(H,15,17). The van der Waals surface area contributed by atoms with Gasteiger partial charge in [0.2, 0.25) is 11.8 Å². The molecule has 1 fully saturated rings. The van der Waals surface area contributed by atoms with Crippen LogP contribution in [0.1, 0.15) is 26.7 Å². The first-order chi connectivity index (χ1) is 8.41. The molecule has 0 aromatic rings. The first kappa shape index (κ1) is 15.0.